The normalized spacial score (nSPS) is 26.4. The van der Waals surface area contributed by atoms with Crippen LogP contribution < -0.4 is 0 Å². The Morgan fingerprint density at radius 3 is 2.41 bits per heavy atom. The van der Waals surface area contributed by atoms with Gasteiger partial charge in [0.2, 0.25) is 0 Å². The molecular formula is C27H27I2NO3S. The SMILES string of the molecule is O=C(CS12CCC(CC1)C(C(=O)OC(c1ccccc1)c1ccc(I)c(I)c1)C2)c1ccc[nH]1. The van der Waals surface area contributed by atoms with Crippen LogP contribution in [0.1, 0.15) is 40.6 Å². The number of esters is 1. The molecular weight excluding hydrogens is 672 g/mol. The first-order chi connectivity index (χ1) is 16.4. The van der Waals surface area contributed by atoms with Crippen LogP contribution in [0.4, 0.5) is 0 Å². The third-order valence-electron chi connectivity index (χ3n) is 7.17. The first-order valence-electron chi connectivity index (χ1n) is 11.6. The van der Waals surface area contributed by atoms with Crippen molar-refractivity contribution in [2.45, 2.75) is 18.9 Å². The minimum Gasteiger partial charge on any atom is -0.452 e. The topological polar surface area (TPSA) is 59.2 Å². The molecule has 2 atom stereocenters. The molecule has 0 spiro atoms. The molecule has 0 radical (unpaired) electrons. The Labute approximate surface area is 229 Å². The predicted molar refractivity (Wildman–Crippen MR) is 155 cm³/mol. The summed E-state index contributed by atoms with van der Waals surface area (Å²) in [5.41, 5.74) is 2.67. The van der Waals surface area contributed by atoms with E-state index in [4.69, 9.17) is 4.74 Å². The molecule has 0 aliphatic carbocycles. The zero-order valence-electron chi connectivity index (χ0n) is 18.7. The van der Waals surface area contributed by atoms with Crippen molar-refractivity contribution in [3.05, 3.63) is 90.8 Å². The Morgan fingerprint density at radius 1 is 0.971 bits per heavy atom. The van der Waals surface area contributed by atoms with Gasteiger partial charge in [0, 0.05) is 19.1 Å². The summed E-state index contributed by atoms with van der Waals surface area (Å²) >= 11 is 4.66. The van der Waals surface area contributed by atoms with Crippen LogP contribution in [0.25, 0.3) is 0 Å². The molecule has 1 N–H and O–H groups in total. The highest BCUT2D eigenvalue weighted by Gasteiger charge is 2.47. The van der Waals surface area contributed by atoms with Gasteiger partial charge in [0.05, 0.1) is 11.6 Å². The first kappa shape index (κ1) is 24.4. The molecule has 6 rings (SSSR count). The minimum absolute atomic E-state index is 0.101. The summed E-state index contributed by atoms with van der Waals surface area (Å²) in [6.45, 7) is 0. The van der Waals surface area contributed by atoms with Crippen molar-refractivity contribution < 1.29 is 14.3 Å². The Balaban J connectivity index is 1.37. The Morgan fingerprint density at radius 2 is 1.74 bits per heavy atom. The van der Waals surface area contributed by atoms with Crippen molar-refractivity contribution in [1.82, 2.24) is 4.98 Å². The molecule has 1 aromatic heterocycles. The number of rotatable bonds is 7. The van der Waals surface area contributed by atoms with E-state index in [9.17, 15) is 9.59 Å². The van der Waals surface area contributed by atoms with Crippen LogP contribution in [0.2, 0.25) is 0 Å². The van der Waals surface area contributed by atoms with Crippen LogP contribution in [0.15, 0.2) is 66.9 Å². The zero-order chi connectivity index (χ0) is 23.7. The third-order valence-corrected chi connectivity index (χ3v) is 14.2. The molecule has 4 heterocycles. The van der Waals surface area contributed by atoms with Gasteiger partial charge in [-0.2, -0.15) is 0 Å². The molecule has 2 unspecified atom stereocenters. The molecule has 3 fully saturated rings. The summed E-state index contributed by atoms with van der Waals surface area (Å²) in [7, 11) is -1.14. The standard InChI is InChI=1S/C27H27I2NO3S/c28-22-9-8-20(15-23(22)29)26(19-5-2-1-3-6-19)33-27(32)21-16-34(13-10-18(21)11-14-34)17-25(31)24-7-4-12-30-24/h1-9,12,15,18,21,26,30H,10-11,13-14,16-17H2. The second-order valence-corrected chi connectivity index (χ2v) is 15.5. The van der Waals surface area contributed by atoms with E-state index in [1.807, 2.05) is 42.5 Å². The minimum atomic E-state index is -1.14. The van der Waals surface area contributed by atoms with Crippen molar-refractivity contribution in [1.29, 1.82) is 0 Å². The monoisotopic (exact) mass is 699 g/mol. The summed E-state index contributed by atoms with van der Waals surface area (Å²) in [5, 5.41) is 0. The number of Topliss-reactive ketones (excluding diaryl/α,β-unsaturated/α-hetero) is 1. The first-order valence-corrected chi connectivity index (χ1v) is 16.0. The van der Waals surface area contributed by atoms with Crippen molar-refractivity contribution in [2.24, 2.45) is 11.8 Å². The van der Waals surface area contributed by atoms with E-state index >= 15 is 0 Å². The largest absolute Gasteiger partial charge is 0.452 e. The highest BCUT2D eigenvalue weighted by atomic mass is 127. The summed E-state index contributed by atoms with van der Waals surface area (Å²) in [5.74, 6) is 3.96. The average molecular weight is 699 g/mol. The number of ketones is 1. The van der Waals surface area contributed by atoms with E-state index in [0.717, 1.165) is 44.8 Å². The quantitative estimate of drug-likeness (QED) is 0.172. The lowest BCUT2D eigenvalue weighted by Gasteiger charge is -2.53. The van der Waals surface area contributed by atoms with E-state index in [0.29, 0.717) is 17.4 Å². The van der Waals surface area contributed by atoms with Gasteiger partial charge in [-0.1, -0.05) is 36.4 Å². The van der Waals surface area contributed by atoms with Gasteiger partial charge in [-0.15, -0.1) is 0 Å². The average Bonchev–Trinajstić information content (AvgIpc) is 3.40. The number of carbonyl (C=O) groups is 2. The number of halogens is 2. The summed E-state index contributed by atoms with van der Waals surface area (Å²) in [6, 6.07) is 20.0. The molecule has 7 heteroatoms. The number of aromatic amines is 1. The third kappa shape index (κ3) is 5.11. The van der Waals surface area contributed by atoms with Crippen LogP contribution in [-0.2, 0) is 9.53 Å². The Bertz CT molecular complexity index is 1170. The molecule has 3 aliphatic heterocycles. The van der Waals surface area contributed by atoms with Gasteiger partial charge in [-0.05, 0) is 117 Å². The summed E-state index contributed by atoms with van der Waals surface area (Å²) < 4.78 is 8.64. The molecule has 0 saturated carbocycles. The molecule has 178 valence electrons. The number of benzene rings is 2. The number of carbonyl (C=O) groups excluding carboxylic acids is 2. The fourth-order valence-corrected chi connectivity index (χ4v) is 10.6. The maximum atomic E-state index is 13.7. The van der Waals surface area contributed by atoms with Crippen molar-refractivity contribution >= 4 is 67.0 Å². The highest BCUT2D eigenvalue weighted by molar-refractivity contribution is 14.1. The van der Waals surface area contributed by atoms with Crippen molar-refractivity contribution in [3.63, 3.8) is 0 Å². The lowest BCUT2D eigenvalue weighted by atomic mass is 9.88. The molecule has 3 aliphatic rings. The lowest BCUT2D eigenvalue weighted by Crippen LogP contribution is -2.45. The molecule has 2 bridgehead atoms. The van der Waals surface area contributed by atoms with E-state index in [2.05, 4.69) is 68.4 Å². The van der Waals surface area contributed by atoms with Gasteiger partial charge in [-0.3, -0.25) is 9.59 Å². The van der Waals surface area contributed by atoms with Gasteiger partial charge in [-0.25, -0.2) is 10.0 Å². The highest BCUT2D eigenvalue weighted by Crippen LogP contribution is 2.61. The number of H-pyrrole nitrogens is 1. The van der Waals surface area contributed by atoms with Crippen LogP contribution in [0.5, 0.6) is 0 Å². The Hall–Kier alpha value is -1.33. The zero-order valence-corrected chi connectivity index (χ0v) is 23.8. The fraction of sp³-hybridized carbons (Fsp3) is 0.333. The van der Waals surface area contributed by atoms with E-state index < -0.39 is 16.1 Å². The second kappa shape index (κ2) is 10.3. The fourth-order valence-electron chi connectivity index (χ4n) is 5.29. The van der Waals surface area contributed by atoms with E-state index in [1.54, 1.807) is 6.20 Å². The number of fused-ring (bicyclic) bond motifs is 3. The van der Waals surface area contributed by atoms with E-state index in [-0.39, 0.29) is 17.7 Å². The molecule has 34 heavy (non-hydrogen) atoms. The number of hydrogen-bond donors (Lipinski definition) is 1. The van der Waals surface area contributed by atoms with Gasteiger partial charge >= 0.3 is 5.97 Å². The maximum absolute atomic E-state index is 13.7. The molecule has 0 amide bonds. The molecule has 3 saturated heterocycles. The second-order valence-electron chi connectivity index (χ2n) is 9.30. The van der Waals surface area contributed by atoms with Gasteiger partial charge in [0.15, 0.2) is 11.9 Å². The number of aromatic nitrogens is 1. The Kier molecular flexibility index (Phi) is 7.41. The van der Waals surface area contributed by atoms with Crippen LogP contribution in [0, 0.1) is 19.0 Å². The van der Waals surface area contributed by atoms with Crippen LogP contribution in [-0.4, -0.2) is 39.7 Å². The molecule has 3 aromatic rings. The van der Waals surface area contributed by atoms with Crippen LogP contribution >= 0.6 is 55.2 Å². The van der Waals surface area contributed by atoms with Gasteiger partial charge in [0.25, 0.3) is 0 Å². The van der Waals surface area contributed by atoms with Crippen molar-refractivity contribution in [2.75, 3.05) is 23.0 Å². The van der Waals surface area contributed by atoms with Crippen molar-refractivity contribution in [3.8, 4) is 0 Å². The predicted octanol–water partition coefficient (Wildman–Crippen LogP) is 6.58. The molecule has 4 nitrogen and oxygen atoms in total. The lowest BCUT2D eigenvalue weighted by molar-refractivity contribution is -0.154. The van der Waals surface area contributed by atoms with E-state index in [1.165, 1.54) is 3.57 Å². The maximum Gasteiger partial charge on any atom is 0.310 e. The van der Waals surface area contributed by atoms with Gasteiger partial charge in [0.1, 0.15) is 0 Å². The molecule has 2 aromatic carbocycles. The number of hydrogen-bond acceptors (Lipinski definition) is 3. The summed E-state index contributed by atoms with van der Waals surface area (Å²) in [6.07, 6.45) is 3.44. The summed E-state index contributed by atoms with van der Waals surface area (Å²) in [4.78, 5) is 29.6. The smallest absolute Gasteiger partial charge is 0.310 e. The number of ether oxygens (including phenoxy) is 1. The number of nitrogens with one attached hydrogen (secondary N) is 1. The van der Waals surface area contributed by atoms with Gasteiger partial charge < -0.3 is 9.72 Å². The van der Waals surface area contributed by atoms with Crippen LogP contribution in [0.3, 0.4) is 0 Å².